The molecule has 0 saturated carbocycles. The van der Waals surface area contributed by atoms with E-state index in [0.717, 1.165) is 16.7 Å². The Balaban J connectivity index is 3.22. The fraction of sp³-hybridized carbons (Fsp3) is 0.364. The van der Waals surface area contributed by atoms with Crippen molar-refractivity contribution in [2.45, 2.75) is 26.8 Å². The summed E-state index contributed by atoms with van der Waals surface area (Å²) in [5, 5.41) is 8.80. The second-order valence-electron chi connectivity index (χ2n) is 3.61. The lowest BCUT2D eigenvalue weighted by Crippen LogP contribution is -2.21. The van der Waals surface area contributed by atoms with Crippen LogP contribution in [0.2, 0.25) is 0 Å². The number of carbonyl (C=O) groups is 1. The minimum atomic E-state index is -0.989. The van der Waals surface area contributed by atoms with Crippen LogP contribution in [0.25, 0.3) is 0 Å². The summed E-state index contributed by atoms with van der Waals surface area (Å²) in [6, 6.07) is 2.89. The largest absolute Gasteiger partial charge is 0.480 e. The number of rotatable bonds is 2. The quantitative estimate of drug-likeness (QED) is 0.751. The fourth-order valence-corrected chi connectivity index (χ4v) is 1.45. The van der Waals surface area contributed by atoms with Crippen molar-refractivity contribution in [1.82, 2.24) is 0 Å². The lowest BCUT2D eigenvalue weighted by atomic mass is 9.96. The third kappa shape index (κ3) is 1.93. The normalized spacial score (nSPS) is 12.6. The minimum Gasteiger partial charge on any atom is -0.480 e. The predicted molar refractivity (Wildman–Crippen MR) is 55.2 cm³/mol. The van der Waals surface area contributed by atoms with Gasteiger partial charge in [0.2, 0.25) is 0 Å². The maximum atomic E-state index is 10.7. The molecule has 0 heterocycles. The maximum absolute atomic E-state index is 10.7. The minimum absolute atomic E-state index is 0.695. The molecule has 0 fully saturated rings. The highest BCUT2D eigenvalue weighted by Gasteiger charge is 2.16. The van der Waals surface area contributed by atoms with Crippen LogP contribution in [0.4, 0.5) is 0 Å². The van der Waals surface area contributed by atoms with Crippen molar-refractivity contribution < 1.29 is 9.90 Å². The van der Waals surface area contributed by atoms with Crippen molar-refractivity contribution in [3.8, 4) is 0 Å². The van der Waals surface area contributed by atoms with Gasteiger partial charge in [0.1, 0.15) is 6.04 Å². The van der Waals surface area contributed by atoms with Crippen LogP contribution in [-0.2, 0) is 4.79 Å². The van der Waals surface area contributed by atoms with Gasteiger partial charge < -0.3 is 10.8 Å². The summed E-state index contributed by atoms with van der Waals surface area (Å²) in [4.78, 5) is 10.7. The Morgan fingerprint density at radius 3 is 2.21 bits per heavy atom. The first-order chi connectivity index (χ1) is 6.43. The molecule has 76 valence electrons. The van der Waals surface area contributed by atoms with Gasteiger partial charge in [0.05, 0.1) is 0 Å². The summed E-state index contributed by atoms with van der Waals surface area (Å²) in [6.07, 6.45) is 0. The van der Waals surface area contributed by atoms with Gasteiger partial charge in [-0.2, -0.15) is 0 Å². The van der Waals surface area contributed by atoms with E-state index in [0.29, 0.717) is 5.56 Å². The molecule has 0 amide bonds. The second-order valence-corrected chi connectivity index (χ2v) is 3.61. The van der Waals surface area contributed by atoms with E-state index < -0.39 is 12.0 Å². The van der Waals surface area contributed by atoms with Gasteiger partial charge in [0, 0.05) is 0 Å². The summed E-state index contributed by atoms with van der Waals surface area (Å²) in [6.45, 7) is 5.83. The van der Waals surface area contributed by atoms with Gasteiger partial charge in [-0.3, -0.25) is 4.79 Å². The zero-order chi connectivity index (χ0) is 10.9. The molecule has 0 aliphatic heterocycles. The van der Waals surface area contributed by atoms with Gasteiger partial charge >= 0.3 is 5.97 Å². The molecule has 0 bridgehead atoms. The first-order valence-electron chi connectivity index (χ1n) is 4.49. The number of benzene rings is 1. The van der Waals surface area contributed by atoms with Crippen molar-refractivity contribution in [2.24, 2.45) is 5.73 Å². The third-order valence-corrected chi connectivity index (χ3v) is 2.48. The SMILES string of the molecule is Cc1cc(C)c(C(N)C(=O)O)cc1C. The maximum Gasteiger partial charge on any atom is 0.325 e. The zero-order valence-corrected chi connectivity index (χ0v) is 8.66. The molecule has 0 aliphatic rings. The number of hydrogen-bond donors (Lipinski definition) is 2. The van der Waals surface area contributed by atoms with E-state index in [2.05, 4.69) is 0 Å². The molecule has 3 heteroatoms. The molecule has 1 rings (SSSR count). The highest BCUT2D eigenvalue weighted by Crippen LogP contribution is 2.20. The first kappa shape index (κ1) is 10.7. The van der Waals surface area contributed by atoms with E-state index in [1.54, 1.807) is 0 Å². The standard InChI is InChI=1S/C11H15NO2/c1-6-4-8(3)9(5-7(6)2)10(12)11(13)14/h4-5,10H,12H2,1-3H3,(H,13,14). The Bertz CT molecular complexity index is 372. The molecule has 14 heavy (non-hydrogen) atoms. The van der Waals surface area contributed by atoms with E-state index >= 15 is 0 Å². The number of carboxylic acids is 1. The Morgan fingerprint density at radius 1 is 1.21 bits per heavy atom. The van der Waals surface area contributed by atoms with Gasteiger partial charge in [-0.1, -0.05) is 12.1 Å². The molecule has 0 aliphatic carbocycles. The van der Waals surface area contributed by atoms with Crippen molar-refractivity contribution >= 4 is 5.97 Å². The molecule has 1 aromatic carbocycles. The van der Waals surface area contributed by atoms with E-state index in [1.807, 2.05) is 32.9 Å². The number of aliphatic carboxylic acids is 1. The van der Waals surface area contributed by atoms with Crippen LogP contribution in [0.15, 0.2) is 12.1 Å². The van der Waals surface area contributed by atoms with Crippen molar-refractivity contribution in [2.75, 3.05) is 0 Å². The summed E-state index contributed by atoms with van der Waals surface area (Å²) >= 11 is 0. The van der Waals surface area contributed by atoms with Gasteiger partial charge in [-0.25, -0.2) is 0 Å². The van der Waals surface area contributed by atoms with Crippen LogP contribution in [-0.4, -0.2) is 11.1 Å². The molecule has 0 spiro atoms. The Morgan fingerprint density at radius 2 is 1.71 bits per heavy atom. The molecule has 0 radical (unpaired) electrons. The predicted octanol–water partition coefficient (Wildman–Crippen LogP) is 1.70. The molecule has 1 aromatic rings. The average Bonchev–Trinajstić information content (AvgIpc) is 2.10. The van der Waals surface area contributed by atoms with Crippen LogP contribution >= 0.6 is 0 Å². The number of aryl methyl sites for hydroxylation is 3. The van der Waals surface area contributed by atoms with Gasteiger partial charge in [0.25, 0.3) is 0 Å². The molecular weight excluding hydrogens is 178 g/mol. The van der Waals surface area contributed by atoms with Gasteiger partial charge in [-0.05, 0) is 43.0 Å². The van der Waals surface area contributed by atoms with Crippen LogP contribution in [0.1, 0.15) is 28.3 Å². The second kappa shape index (κ2) is 3.80. The van der Waals surface area contributed by atoms with E-state index in [-0.39, 0.29) is 0 Å². The highest BCUT2D eigenvalue weighted by molar-refractivity contribution is 5.76. The Labute approximate surface area is 83.6 Å². The van der Waals surface area contributed by atoms with E-state index in [4.69, 9.17) is 10.8 Å². The van der Waals surface area contributed by atoms with Crippen molar-refractivity contribution in [3.63, 3.8) is 0 Å². The average molecular weight is 193 g/mol. The molecule has 0 aromatic heterocycles. The molecule has 1 atom stereocenters. The smallest absolute Gasteiger partial charge is 0.325 e. The number of hydrogen-bond acceptors (Lipinski definition) is 2. The first-order valence-corrected chi connectivity index (χ1v) is 4.49. The summed E-state index contributed by atoms with van der Waals surface area (Å²) in [5.41, 5.74) is 9.41. The topological polar surface area (TPSA) is 63.3 Å². The molecule has 0 saturated heterocycles. The fourth-order valence-electron chi connectivity index (χ4n) is 1.45. The summed E-state index contributed by atoms with van der Waals surface area (Å²) < 4.78 is 0. The van der Waals surface area contributed by atoms with Crippen molar-refractivity contribution in [3.05, 3.63) is 34.4 Å². The number of nitrogens with two attached hydrogens (primary N) is 1. The van der Waals surface area contributed by atoms with Crippen LogP contribution < -0.4 is 5.73 Å². The Kier molecular flexibility index (Phi) is 2.91. The monoisotopic (exact) mass is 193 g/mol. The molecule has 3 nitrogen and oxygen atoms in total. The Hall–Kier alpha value is -1.35. The summed E-state index contributed by atoms with van der Waals surface area (Å²) in [5.74, 6) is -0.989. The van der Waals surface area contributed by atoms with Crippen LogP contribution in [0, 0.1) is 20.8 Å². The van der Waals surface area contributed by atoms with Crippen LogP contribution in [0.5, 0.6) is 0 Å². The van der Waals surface area contributed by atoms with Gasteiger partial charge in [-0.15, -0.1) is 0 Å². The van der Waals surface area contributed by atoms with Crippen LogP contribution in [0.3, 0.4) is 0 Å². The van der Waals surface area contributed by atoms with Crippen molar-refractivity contribution in [1.29, 1.82) is 0 Å². The zero-order valence-electron chi connectivity index (χ0n) is 8.66. The third-order valence-electron chi connectivity index (χ3n) is 2.48. The molecule has 1 unspecified atom stereocenters. The van der Waals surface area contributed by atoms with Gasteiger partial charge in [0.15, 0.2) is 0 Å². The van der Waals surface area contributed by atoms with E-state index in [1.165, 1.54) is 0 Å². The highest BCUT2D eigenvalue weighted by atomic mass is 16.4. The summed E-state index contributed by atoms with van der Waals surface area (Å²) in [7, 11) is 0. The molecule has 3 N–H and O–H groups in total. The number of carboxylic acid groups (broad SMARTS) is 1. The lowest BCUT2D eigenvalue weighted by molar-refractivity contribution is -0.138. The van der Waals surface area contributed by atoms with E-state index in [9.17, 15) is 4.79 Å². The molecular formula is C11H15NO2. The lowest BCUT2D eigenvalue weighted by Gasteiger charge is -2.12.